The summed E-state index contributed by atoms with van der Waals surface area (Å²) >= 11 is 1.43. The number of benzene rings is 1. The third-order valence-corrected chi connectivity index (χ3v) is 5.74. The van der Waals surface area contributed by atoms with Crippen LogP contribution in [0.5, 0.6) is 5.75 Å². The van der Waals surface area contributed by atoms with E-state index in [9.17, 15) is 4.79 Å². The van der Waals surface area contributed by atoms with Gasteiger partial charge >= 0.3 is 0 Å². The van der Waals surface area contributed by atoms with E-state index in [1.807, 2.05) is 48.8 Å². The number of ether oxygens (including phenoxy) is 1. The highest BCUT2D eigenvalue weighted by molar-refractivity contribution is 7.14. The predicted octanol–water partition coefficient (Wildman–Crippen LogP) is 3.54. The quantitative estimate of drug-likeness (QED) is 0.621. The van der Waals surface area contributed by atoms with E-state index in [1.165, 1.54) is 11.3 Å². The Morgan fingerprint density at radius 2 is 2.07 bits per heavy atom. The Bertz CT molecular complexity index is 921. The van der Waals surface area contributed by atoms with Crippen molar-refractivity contribution in [2.24, 2.45) is 0 Å². The maximum Gasteiger partial charge on any atom is 0.254 e. The molecule has 3 aromatic rings. The summed E-state index contributed by atoms with van der Waals surface area (Å²) in [6, 6.07) is 9.66. The molecule has 0 atom stereocenters. The van der Waals surface area contributed by atoms with Gasteiger partial charge in [-0.1, -0.05) is 0 Å². The van der Waals surface area contributed by atoms with E-state index in [0.717, 1.165) is 30.1 Å². The van der Waals surface area contributed by atoms with Gasteiger partial charge in [0.15, 0.2) is 5.13 Å². The zero-order valence-corrected chi connectivity index (χ0v) is 17.8. The zero-order chi connectivity index (χ0) is 19.4. The molecule has 154 valence electrons. The number of carbonyl (C=O) groups excluding carboxylic acids is 1. The van der Waals surface area contributed by atoms with Gasteiger partial charge in [-0.2, -0.15) is 5.10 Å². The fourth-order valence-electron chi connectivity index (χ4n) is 3.49. The lowest BCUT2D eigenvalue weighted by atomic mass is 9.87. The fourth-order valence-corrected chi connectivity index (χ4v) is 4.20. The zero-order valence-electron chi connectivity index (χ0n) is 16.1. The second-order valence-electron chi connectivity index (χ2n) is 6.68. The van der Waals surface area contributed by atoms with Crippen molar-refractivity contribution in [1.29, 1.82) is 0 Å². The van der Waals surface area contributed by atoms with Crippen LogP contribution in [0.2, 0.25) is 0 Å². The Hall–Kier alpha value is -2.42. The first-order valence-corrected chi connectivity index (χ1v) is 10.3. The van der Waals surface area contributed by atoms with Crippen molar-refractivity contribution in [3.63, 3.8) is 0 Å². The minimum Gasteiger partial charge on any atom is -0.494 e. The average molecular weight is 434 g/mol. The summed E-state index contributed by atoms with van der Waals surface area (Å²) in [6.45, 7) is 4.16. The molecule has 1 amide bonds. The number of thiazole rings is 1. The molecule has 1 aromatic carbocycles. The van der Waals surface area contributed by atoms with Gasteiger partial charge in [-0.3, -0.25) is 14.8 Å². The van der Waals surface area contributed by atoms with Crippen LogP contribution >= 0.6 is 23.7 Å². The number of hydrogen-bond donors (Lipinski definition) is 2. The summed E-state index contributed by atoms with van der Waals surface area (Å²) in [6.07, 6.45) is 4.96. The second-order valence-corrected chi connectivity index (χ2v) is 7.54. The molecule has 0 spiro atoms. The highest BCUT2D eigenvalue weighted by Gasteiger charge is 2.42. The molecule has 7 nitrogen and oxygen atoms in total. The number of piperidine rings is 1. The summed E-state index contributed by atoms with van der Waals surface area (Å²) in [5.74, 6) is 0.771. The van der Waals surface area contributed by atoms with Crippen LogP contribution in [0.15, 0.2) is 48.1 Å². The SMILES string of the molecule is CCOc1ccc(-c2csc(NC(=O)C3(n4cccn4)CCNCC3)n2)cc1.Cl. The average Bonchev–Trinajstić information content (AvgIpc) is 3.42. The second kappa shape index (κ2) is 9.39. The van der Waals surface area contributed by atoms with Crippen molar-refractivity contribution in [1.82, 2.24) is 20.1 Å². The van der Waals surface area contributed by atoms with Gasteiger partial charge in [0.1, 0.15) is 11.3 Å². The highest BCUT2D eigenvalue weighted by atomic mass is 35.5. The van der Waals surface area contributed by atoms with Gasteiger partial charge in [-0.25, -0.2) is 4.98 Å². The van der Waals surface area contributed by atoms with Crippen LogP contribution in [0.1, 0.15) is 19.8 Å². The van der Waals surface area contributed by atoms with Crippen molar-refractivity contribution < 1.29 is 9.53 Å². The maximum absolute atomic E-state index is 13.2. The molecule has 0 saturated carbocycles. The molecule has 1 aliphatic heterocycles. The Labute approximate surface area is 179 Å². The van der Waals surface area contributed by atoms with Gasteiger partial charge in [-0.15, -0.1) is 23.7 Å². The molecule has 2 N–H and O–H groups in total. The standard InChI is InChI=1S/C20H23N5O2S.ClH/c1-2-27-16-6-4-15(5-7-16)17-14-28-19(23-17)24-18(26)20(8-11-21-12-9-20)25-13-3-10-22-25;/h3-7,10,13-14,21H,2,8-9,11-12H2,1H3,(H,23,24,26);1H. The van der Waals surface area contributed by atoms with Gasteiger partial charge < -0.3 is 10.1 Å². The van der Waals surface area contributed by atoms with Gasteiger partial charge in [0.25, 0.3) is 5.91 Å². The van der Waals surface area contributed by atoms with Crippen LogP contribution in [-0.4, -0.2) is 40.4 Å². The number of nitrogens with one attached hydrogen (secondary N) is 2. The van der Waals surface area contributed by atoms with E-state index in [2.05, 4.69) is 20.7 Å². The smallest absolute Gasteiger partial charge is 0.254 e. The topological polar surface area (TPSA) is 81.1 Å². The molecule has 2 aromatic heterocycles. The molecule has 0 aliphatic carbocycles. The molecule has 3 heterocycles. The fraction of sp³-hybridized carbons (Fsp3) is 0.350. The Balaban J connectivity index is 0.00000240. The van der Waals surface area contributed by atoms with E-state index < -0.39 is 5.54 Å². The van der Waals surface area contributed by atoms with Crippen molar-refractivity contribution in [3.8, 4) is 17.0 Å². The lowest BCUT2D eigenvalue weighted by Crippen LogP contribution is -2.52. The lowest BCUT2D eigenvalue weighted by Gasteiger charge is -2.36. The Morgan fingerprint density at radius 1 is 1.31 bits per heavy atom. The number of halogens is 1. The van der Waals surface area contributed by atoms with Crippen molar-refractivity contribution in [2.75, 3.05) is 25.0 Å². The first-order valence-electron chi connectivity index (χ1n) is 9.42. The van der Waals surface area contributed by atoms with Crippen LogP contribution in [0.4, 0.5) is 5.13 Å². The molecule has 1 fully saturated rings. The number of aromatic nitrogens is 3. The van der Waals surface area contributed by atoms with Gasteiger partial charge in [0.05, 0.1) is 12.3 Å². The predicted molar refractivity (Wildman–Crippen MR) is 117 cm³/mol. The summed E-state index contributed by atoms with van der Waals surface area (Å²) in [5.41, 5.74) is 1.14. The van der Waals surface area contributed by atoms with Crippen LogP contribution < -0.4 is 15.4 Å². The first-order chi connectivity index (χ1) is 13.7. The molecule has 0 unspecified atom stereocenters. The summed E-state index contributed by atoms with van der Waals surface area (Å²) < 4.78 is 7.26. The first kappa shape index (κ1) is 21.3. The van der Waals surface area contributed by atoms with Crippen molar-refractivity contribution >= 4 is 34.8 Å². The van der Waals surface area contributed by atoms with Gasteiger partial charge in [-0.05, 0) is 63.2 Å². The van der Waals surface area contributed by atoms with Crippen LogP contribution in [-0.2, 0) is 10.3 Å². The van der Waals surface area contributed by atoms with Crippen LogP contribution in [0, 0.1) is 0 Å². The Morgan fingerprint density at radius 3 is 2.72 bits per heavy atom. The van der Waals surface area contributed by atoms with Crippen molar-refractivity contribution in [2.45, 2.75) is 25.3 Å². The third kappa shape index (κ3) is 4.44. The highest BCUT2D eigenvalue weighted by Crippen LogP contribution is 2.31. The molecule has 29 heavy (non-hydrogen) atoms. The van der Waals surface area contributed by atoms with E-state index in [-0.39, 0.29) is 18.3 Å². The van der Waals surface area contributed by atoms with Gasteiger partial charge in [0, 0.05) is 23.3 Å². The number of amides is 1. The molecule has 1 aliphatic rings. The number of carbonyl (C=O) groups is 1. The molecule has 0 bridgehead atoms. The normalized spacial score (nSPS) is 15.3. The number of rotatable bonds is 6. The monoisotopic (exact) mass is 433 g/mol. The molecular formula is C20H24ClN5O2S. The Kier molecular flexibility index (Phi) is 6.89. The molecule has 9 heteroatoms. The van der Waals surface area contributed by atoms with E-state index >= 15 is 0 Å². The largest absolute Gasteiger partial charge is 0.494 e. The molecule has 1 saturated heterocycles. The summed E-state index contributed by atoms with van der Waals surface area (Å²) in [5, 5.41) is 13.2. The third-order valence-electron chi connectivity index (χ3n) is 4.98. The van der Waals surface area contributed by atoms with Gasteiger partial charge in [0.2, 0.25) is 0 Å². The van der Waals surface area contributed by atoms with E-state index in [0.29, 0.717) is 24.6 Å². The number of hydrogen-bond acceptors (Lipinski definition) is 6. The minimum absolute atomic E-state index is 0. The van der Waals surface area contributed by atoms with Crippen LogP contribution in [0.25, 0.3) is 11.3 Å². The molecular weight excluding hydrogens is 410 g/mol. The van der Waals surface area contributed by atoms with Crippen molar-refractivity contribution in [3.05, 3.63) is 48.1 Å². The van der Waals surface area contributed by atoms with E-state index in [1.54, 1.807) is 10.9 Å². The van der Waals surface area contributed by atoms with Crippen LogP contribution in [0.3, 0.4) is 0 Å². The molecule has 0 radical (unpaired) electrons. The maximum atomic E-state index is 13.2. The summed E-state index contributed by atoms with van der Waals surface area (Å²) in [7, 11) is 0. The molecule has 4 rings (SSSR count). The number of anilines is 1. The summed E-state index contributed by atoms with van der Waals surface area (Å²) in [4.78, 5) is 17.8. The lowest BCUT2D eigenvalue weighted by molar-refractivity contribution is -0.126. The number of nitrogens with zero attached hydrogens (tertiary/aromatic N) is 3. The van der Waals surface area contributed by atoms with E-state index in [4.69, 9.17) is 4.74 Å². The minimum atomic E-state index is -0.681.